The highest BCUT2D eigenvalue weighted by Gasteiger charge is 2.57. The van der Waals surface area contributed by atoms with Crippen molar-refractivity contribution in [2.45, 2.75) is 6.92 Å². The number of halogens is 1. The third kappa shape index (κ3) is 2.20. The van der Waals surface area contributed by atoms with Crippen molar-refractivity contribution in [3.8, 4) is 0 Å². The Morgan fingerprint density at radius 1 is 1.45 bits per heavy atom. The van der Waals surface area contributed by atoms with E-state index in [1.54, 1.807) is 11.0 Å². The summed E-state index contributed by atoms with van der Waals surface area (Å²) in [7, 11) is 1.37. The maximum absolute atomic E-state index is 12.8. The molecule has 0 N–H and O–H groups in total. The number of methoxy groups -OCH3 is 1. The minimum absolute atomic E-state index is 0.0216. The van der Waals surface area contributed by atoms with E-state index < -0.39 is 5.41 Å². The Hall–Kier alpha value is -1.59. The van der Waals surface area contributed by atoms with Gasteiger partial charge in [0.15, 0.2) is 0 Å². The van der Waals surface area contributed by atoms with Gasteiger partial charge in [-0.05, 0) is 18.6 Å². The number of hydrogen-bond donors (Lipinski definition) is 0. The van der Waals surface area contributed by atoms with E-state index in [-0.39, 0.29) is 17.8 Å². The summed E-state index contributed by atoms with van der Waals surface area (Å²) in [5, 5.41) is 0.436. The van der Waals surface area contributed by atoms with E-state index in [4.69, 9.17) is 21.1 Å². The van der Waals surface area contributed by atoms with Crippen molar-refractivity contribution < 1.29 is 19.1 Å². The molecule has 1 aromatic rings. The molecule has 1 aromatic carbocycles. The second-order valence-electron chi connectivity index (χ2n) is 5.98. The zero-order valence-electron chi connectivity index (χ0n) is 12.6. The molecule has 0 aliphatic carbocycles. The van der Waals surface area contributed by atoms with Crippen LogP contribution < -0.4 is 0 Å². The zero-order valence-corrected chi connectivity index (χ0v) is 13.4. The van der Waals surface area contributed by atoms with Crippen LogP contribution >= 0.6 is 11.6 Å². The van der Waals surface area contributed by atoms with E-state index in [9.17, 15) is 9.59 Å². The predicted octanol–water partition coefficient (Wildman–Crippen LogP) is 1.91. The third-order valence-corrected chi connectivity index (χ3v) is 5.00. The van der Waals surface area contributed by atoms with E-state index in [2.05, 4.69) is 0 Å². The van der Waals surface area contributed by atoms with Gasteiger partial charge in [0.2, 0.25) is 0 Å². The van der Waals surface area contributed by atoms with Gasteiger partial charge in [-0.25, -0.2) is 0 Å². The van der Waals surface area contributed by atoms with Gasteiger partial charge in [0, 0.05) is 19.0 Å². The predicted molar refractivity (Wildman–Crippen MR) is 80.9 cm³/mol. The smallest absolute Gasteiger partial charge is 0.316 e. The number of rotatable bonds is 2. The van der Waals surface area contributed by atoms with E-state index in [0.29, 0.717) is 36.9 Å². The number of fused-ring (bicyclic) bond motifs is 1. The van der Waals surface area contributed by atoms with Gasteiger partial charge in [0.25, 0.3) is 5.91 Å². The highest BCUT2D eigenvalue weighted by molar-refractivity contribution is 6.34. The topological polar surface area (TPSA) is 55.8 Å². The summed E-state index contributed by atoms with van der Waals surface area (Å²) in [6, 6.07) is 5.38. The van der Waals surface area contributed by atoms with Crippen LogP contribution in [0.2, 0.25) is 5.02 Å². The minimum Gasteiger partial charge on any atom is -0.468 e. The molecule has 1 amide bonds. The first-order valence-corrected chi connectivity index (χ1v) is 7.58. The molecule has 0 radical (unpaired) electrons. The SMILES string of the molecule is COC(=O)[C@@]12COC[C@@H]1CN(C(=O)c1c(C)cccc1Cl)C2. The van der Waals surface area contributed by atoms with Crippen LogP contribution in [0.3, 0.4) is 0 Å². The Balaban J connectivity index is 1.89. The average molecular weight is 324 g/mol. The summed E-state index contributed by atoms with van der Waals surface area (Å²) < 4.78 is 10.4. The average Bonchev–Trinajstić information content (AvgIpc) is 3.03. The molecule has 0 saturated carbocycles. The number of carbonyl (C=O) groups excluding carboxylic acids is 2. The molecule has 2 aliphatic heterocycles. The Morgan fingerprint density at radius 2 is 2.23 bits per heavy atom. The molecule has 5 nitrogen and oxygen atoms in total. The third-order valence-electron chi connectivity index (χ3n) is 4.69. The fraction of sp³-hybridized carbons (Fsp3) is 0.500. The lowest BCUT2D eigenvalue weighted by Gasteiger charge is -2.24. The van der Waals surface area contributed by atoms with Crippen LogP contribution in [0.1, 0.15) is 15.9 Å². The van der Waals surface area contributed by atoms with Crippen LogP contribution in [0, 0.1) is 18.3 Å². The summed E-state index contributed by atoms with van der Waals surface area (Å²) in [5.74, 6) is -0.464. The van der Waals surface area contributed by atoms with Crippen molar-refractivity contribution in [1.82, 2.24) is 4.90 Å². The first kappa shape index (κ1) is 15.3. The number of amides is 1. The lowest BCUT2D eigenvalue weighted by Crippen LogP contribution is -2.41. The number of esters is 1. The standard InChI is InChI=1S/C16H18ClNO4/c1-10-4-3-5-12(17)13(10)14(19)18-6-11-7-22-9-16(11,8-18)15(20)21-2/h3-5,11H,6-9H2,1-2H3/t11-,16-/m0/s1. The molecule has 6 heteroatoms. The Bertz CT molecular complexity index is 612. The molecule has 2 saturated heterocycles. The van der Waals surface area contributed by atoms with Crippen molar-refractivity contribution in [2.24, 2.45) is 11.3 Å². The molecule has 2 fully saturated rings. The normalized spacial score (nSPS) is 26.9. The fourth-order valence-electron chi connectivity index (χ4n) is 3.44. The van der Waals surface area contributed by atoms with Crippen molar-refractivity contribution in [3.05, 3.63) is 34.3 Å². The van der Waals surface area contributed by atoms with Crippen LogP contribution in [0.15, 0.2) is 18.2 Å². The summed E-state index contributed by atoms with van der Waals surface area (Å²) in [5.41, 5.74) is 0.600. The molecule has 2 aliphatic rings. The van der Waals surface area contributed by atoms with Gasteiger partial charge in [-0.1, -0.05) is 23.7 Å². The van der Waals surface area contributed by atoms with Crippen LogP contribution in [0.5, 0.6) is 0 Å². The molecule has 118 valence electrons. The number of hydrogen-bond acceptors (Lipinski definition) is 4. The molecule has 2 atom stereocenters. The highest BCUT2D eigenvalue weighted by atomic mass is 35.5. The number of carbonyl (C=O) groups is 2. The number of nitrogens with zero attached hydrogens (tertiary/aromatic N) is 1. The highest BCUT2D eigenvalue weighted by Crippen LogP contribution is 2.43. The molecule has 3 rings (SSSR count). The van der Waals surface area contributed by atoms with Crippen LogP contribution in [0.25, 0.3) is 0 Å². The molecule has 0 aromatic heterocycles. The molecule has 2 heterocycles. The van der Waals surface area contributed by atoms with E-state index >= 15 is 0 Å². The number of aryl methyl sites for hydroxylation is 1. The van der Waals surface area contributed by atoms with E-state index in [0.717, 1.165) is 5.56 Å². The van der Waals surface area contributed by atoms with Gasteiger partial charge in [-0.3, -0.25) is 9.59 Å². The van der Waals surface area contributed by atoms with Crippen molar-refractivity contribution in [2.75, 3.05) is 33.4 Å². The Morgan fingerprint density at radius 3 is 2.91 bits per heavy atom. The van der Waals surface area contributed by atoms with Crippen LogP contribution in [-0.4, -0.2) is 50.2 Å². The molecular weight excluding hydrogens is 306 g/mol. The largest absolute Gasteiger partial charge is 0.468 e. The molecule has 0 spiro atoms. The zero-order chi connectivity index (χ0) is 15.9. The van der Waals surface area contributed by atoms with E-state index in [1.807, 2.05) is 19.1 Å². The maximum Gasteiger partial charge on any atom is 0.316 e. The maximum atomic E-state index is 12.8. The molecule has 0 unspecified atom stereocenters. The van der Waals surface area contributed by atoms with Gasteiger partial charge in [-0.15, -0.1) is 0 Å². The fourth-order valence-corrected chi connectivity index (χ4v) is 3.75. The molecule has 0 bridgehead atoms. The van der Waals surface area contributed by atoms with Crippen molar-refractivity contribution in [3.63, 3.8) is 0 Å². The summed E-state index contributed by atoms with van der Waals surface area (Å²) in [6.45, 7) is 3.43. The number of benzene rings is 1. The summed E-state index contributed by atoms with van der Waals surface area (Å²) >= 11 is 6.18. The minimum atomic E-state index is -0.737. The first-order valence-electron chi connectivity index (χ1n) is 7.20. The number of ether oxygens (including phenoxy) is 2. The summed E-state index contributed by atoms with van der Waals surface area (Å²) in [4.78, 5) is 26.7. The Labute approximate surface area is 134 Å². The van der Waals surface area contributed by atoms with Gasteiger partial charge >= 0.3 is 5.97 Å². The second-order valence-corrected chi connectivity index (χ2v) is 6.38. The molecular formula is C16H18ClNO4. The van der Waals surface area contributed by atoms with Gasteiger partial charge in [-0.2, -0.15) is 0 Å². The van der Waals surface area contributed by atoms with Gasteiger partial charge in [0.05, 0.1) is 30.9 Å². The molecule has 22 heavy (non-hydrogen) atoms. The van der Waals surface area contributed by atoms with Crippen LogP contribution in [0.4, 0.5) is 0 Å². The second kappa shape index (κ2) is 5.56. The monoisotopic (exact) mass is 323 g/mol. The van der Waals surface area contributed by atoms with Gasteiger partial charge in [0.1, 0.15) is 5.41 Å². The number of likely N-dealkylation sites (tertiary alicyclic amines) is 1. The first-order chi connectivity index (χ1) is 10.5. The van der Waals surface area contributed by atoms with Crippen molar-refractivity contribution in [1.29, 1.82) is 0 Å². The van der Waals surface area contributed by atoms with Crippen molar-refractivity contribution >= 4 is 23.5 Å². The lowest BCUT2D eigenvalue weighted by molar-refractivity contribution is -0.153. The van der Waals surface area contributed by atoms with E-state index in [1.165, 1.54) is 7.11 Å². The van der Waals surface area contributed by atoms with Crippen LogP contribution in [-0.2, 0) is 14.3 Å². The summed E-state index contributed by atoms with van der Waals surface area (Å²) in [6.07, 6.45) is 0. The Kier molecular flexibility index (Phi) is 3.87. The van der Waals surface area contributed by atoms with Gasteiger partial charge < -0.3 is 14.4 Å². The quantitative estimate of drug-likeness (QED) is 0.780. The lowest BCUT2D eigenvalue weighted by atomic mass is 9.81.